The Morgan fingerprint density at radius 1 is 1.16 bits per heavy atom. The zero-order chi connectivity index (χ0) is 27.4. The number of alkyl carbamates (subject to hydrolysis) is 1. The summed E-state index contributed by atoms with van der Waals surface area (Å²) in [6, 6.07) is 6.59. The van der Waals surface area contributed by atoms with E-state index in [0.29, 0.717) is 47.8 Å². The van der Waals surface area contributed by atoms with Gasteiger partial charge in [-0.3, -0.25) is 15.1 Å². The summed E-state index contributed by atoms with van der Waals surface area (Å²) >= 11 is 0. The number of aromatic nitrogens is 1. The summed E-state index contributed by atoms with van der Waals surface area (Å²) in [5, 5.41) is 8.59. The molecule has 0 saturated carbocycles. The van der Waals surface area contributed by atoms with E-state index in [0.717, 1.165) is 17.7 Å². The van der Waals surface area contributed by atoms with Crippen molar-refractivity contribution in [3.05, 3.63) is 47.8 Å². The minimum atomic E-state index is -0.658. The van der Waals surface area contributed by atoms with E-state index in [-0.39, 0.29) is 5.91 Å². The molecule has 1 aromatic carbocycles. The molecule has 0 aliphatic carbocycles. The molecule has 10 heteroatoms. The van der Waals surface area contributed by atoms with Crippen LogP contribution in [0.15, 0.2) is 36.4 Å². The Kier molecular flexibility index (Phi) is 7.89. The molecule has 0 unspecified atom stereocenters. The van der Waals surface area contributed by atoms with Gasteiger partial charge in [0.2, 0.25) is 5.91 Å². The summed E-state index contributed by atoms with van der Waals surface area (Å²) in [6.45, 7) is 7.75. The first-order chi connectivity index (χ1) is 18.0. The molecule has 0 radical (unpaired) electrons. The summed E-state index contributed by atoms with van der Waals surface area (Å²) in [5.74, 6) is -0.0435. The van der Waals surface area contributed by atoms with Crippen molar-refractivity contribution in [2.24, 2.45) is 5.92 Å². The number of nitrogens with one attached hydrogen (secondary N) is 3. The maximum Gasteiger partial charge on any atom is 0.411 e. The first-order valence-electron chi connectivity index (χ1n) is 12.7. The lowest BCUT2D eigenvalue weighted by molar-refractivity contribution is -0.118. The van der Waals surface area contributed by atoms with Crippen LogP contribution in [-0.2, 0) is 20.7 Å². The van der Waals surface area contributed by atoms with Crippen molar-refractivity contribution in [3.63, 3.8) is 0 Å². The highest BCUT2D eigenvalue weighted by Gasteiger charge is 2.27. The normalized spacial score (nSPS) is 19.7. The Morgan fingerprint density at radius 2 is 1.95 bits per heavy atom. The van der Waals surface area contributed by atoms with Crippen molar-refractivity contribution in [2.75, 3.05) is 24.4 Å². The van der Waals surface area contributed by atoms with Crippen LogP contribution in [0.3, 0.4) is 0 Å². The quantitative estimate of drug-likeness (QED) is 0.454. The predicted octanol–water partition coefficient (Wildman–Crippen LogP) is 5.35. The van der Waals surface area contributed by atoms with Gasteiger partial charge in [-0.25, -0.2) is 9.59 Å². The average molecular weight is 523 g/mol. The molecule has 202 valence electrons. The molecule has 0 spiro atoms. The number of methoxy groups -OCH3 is 1. The Labute approximate surface area is 222 Å². The third kappa shape index (κ3) is 6.42. The van der Waals surface area contributed by atoms with Crippen molar-refractivity contribution in [1.82, 2.24) is 10.3 Å². The lowest BCUT2D eigenvalue weighted by atomic mass is 9.95. The van der Waals surface area contributed by atoms with Crippen LogP contribution in [0.1, 0.15) is 58.0 Å². The Balaban J connectivity index is 1.86. The predicted molar refractivity (Wildman–Crippen MR) is 143 cm³/mol. The molecule has 38 heavy (non-hydrogen) atoms. The van der Waals surface area contributed by atoms with E-state index in [1.165, 1.54) is 7.11 Å². The molecule has 3 amide bonds. The van der Waals surface area contributed by atoms with Gasteiger partial charge in [0, 0.05) is 16.8 Å². The van der Waals surface area contributed by atoms with Gasteiger partial charge in [-0.1, -0.05) is 25.1 Å². The van der Waals surface area contributed by atoms with E-state index >= 15 is 0 Å². The van der Waals surface area contributed by atoms with Gasteiger partial charge in [-0.15, -0.1) is 0 Å². The topological polar surface area (TPSA) is 128 Å². The summed E-state index contributed by atoms with van der Waals surface area (Å²) in [6.07, 6.45) is 4.43. The number of hydrogen-bond donors (Lipinski definition) is 3. The fraction of sp³-hybridized carbons (Fsp3) is 0.429. The van der Waals surface area contributed by atoms with Crippen molar-refractivity contribution >= 4 is 29.5 Å². The van der Waals surface area contributed by atoms with Crippen LogP contribution in [-0.4, -0.2) is 42.4 Å². The summed E-state index contributed by atoms with van der Waals surface area (Å²) in [7, 11) is 1.28. The van der Waals surface area contributed by atoms with E-state index in [4.69, 9.17) is 19.2 Å². The van der Waals surface area contributed by atoms with E-state index in [9.17, 15) is 14.4 Å². The summed E-state index contributed by atoms with van der Waals surface area (Å²) in [4.78, 5) is 42.5. The summed E-state index contributed by atoms with van der Waals surface area (Å²) in [5.41, 5.74) is 3.16. The maximum absolute atomic E-state index is 13.1. The minimum Gasteiger partial charge on any atom is -0.491 e. The highest BCUT2D eigenvalue weighted by atomic mass is 16.6. The highest BCUT2D eigenvalue weighted by Crippen LogP contribution is 2.42. The minimum absolute atomic E-state index is 0.223. The van der Waals surface area contributed by atoms with Gasteiger partial charge in [0.1, 0.15) is 11.4 Å². The molecule has 2 bridgehead atoms. The molecule has 2 aliphatic rings. The molecule has 10 nitrogen and oxygen atoms in total. The summed E-state index contributed by atoms with van der Waals surface area (Å²) < 4.78 is 16.3. The second kappa shape index (κ2) is 11.1. The lowest BCUT2D eigenvalue weighted by Gasteiger charge is -2.27. The van der Waals surface area contributed by atoms with Gasteiger partial charge < -0.3 is 24.8 Å². The van der Waals surface area contributed by atoms with Gasteiger partial charge in [0.15, 0.2) is 0 Å². The van der Waals surface area contributed by atoms with Gasteiger partial charge in [-0.05, 0) is 58.2 Å². The third-order valence-electron chi connectivity index (χ3n) is 6.12. The van der Waals surface area contributed by atoms with Crippen LogP contribution in [0.2, 0.25) is 0 Å². The number of amides is 3. The van der Waals surface area contributed by atoms with Gasteiger partial charge in [0.05, 0.1) is 42.8 Å². The number of carbonyl (C=O) groups excluding carboxylic acids is 3. The van der Waals surface area contributed by atoms with Crippen LogP contribution >= 0.6 is 0 Å². The van der Waals surface area contributed by atoms with Crippen LogP contribution in [0.5, 0.6) is 5.75 Å². The molecule has 0 saturated heterocycles. The van der Waals surface area contributed by atoms with Gasteiger partial charge in [0.25, 0.3) is 0 Å². The van der Waals surface area contributed by atoms with Gasteiger partial charge >= 0.3 is 12.2 Å². The molecule has 3 N–H and O–H groups in total. The van der Waals surface area contributed by atoms with Crippen LogP contribution < -0.4 is 20.7 Å². The molecular formula is C28H34N4O6. The monoisotopic (exact) mass is 522 g/mol. The van der Waals surface area contributed by atoms with Crippen molar-refractivity contribution in [3.8, 4) is 16.9 Å². The number of benzene rings is 1. The largest absolute Gasteiger partial charge is 0.491 e. The fourth-order valence-corrected chi connectivity index (χ4v) is 4.32. The van der Waals surface area contributed by atoms with Crippen LogP contribution in [0.4, 0.5) is 21.0 Å². The second-order valence-electron chi connectivity index (χ2n) is 10.3. The standard InChI is InChI=1S/C28H34N4O6/c1-16-8-6-9-20(32-27(35)38-28(2,3)4)23-15-19(24-21(30-23)10-7-13-37-24)18-12-11-17(29-26(34)36-5)14-22(18)31-25(16)33/h6,8,11-12,14-16,20H,7,9-10,13H2,1-5H3,(H,29,34)(H,31,33)(H,32,35)/b8-6+/t16-,20+/m1/s1. The Morgan fingerprint density at radius 3 is 2.68 bits per heavy atom. The van der Waals surface area contributed by atoms with Crippen molar-refractivity contribution < 1.29 is 28.6 Å². The number of anilines is 2. The number of aryl methyl sites for hydroxylation is 1. The number of carbonyl (C=O) groups is 3. The first-order valence-corrected chi connectivity index (χ1v) is 12.7. The molecule has 2 aromatic rings. The molecule has 0 fully saturated rings. The molecule has 2 atom stereocenters. The smallest absolute Gasteiger partial charge is 0.411 e. The molecule has 2 aliphatic heterocycles. The van der Waals surface area contributed by atoms with Crippen LogP contribution in [0.25, 0.3) is 11.1 Å². The van der Waals surface area contributed by atoms with Crippen molar-refractivity contribution in [1.29, 1.82) is 0 Å². The van der Waals surface area contributed by atoms with E-state index < -0.39 is 29.7 Å². The van der Waals surface area contributed by atoms with E-state index in [1.807, 2.05) is 12.1 Å². The van der Waals surface area contributed by atoms with Gasteiger partial charge in [-0.2, -0.15) is 0 Å². The highest BCUT2D eigenvalue weighted by molar-refractivity contribution is 6.00. The van der Waals surface area contributed by atoms with Crippen molar-refractivity contribution in [2.45, 2.75) is 58.6 Å². The zero-order valence-corrected chi connectivity index (χ0v) is 22.3. The molecule has 1 aromatic heterocycles. The lowest BCUT2D eigenvalue weighted by Crippen LogP contribution is -2.35. The number of fused-ring (bicyclic) bond motifs is 6. The Hall–Kier alpha value is -4.08. The zero-order valence-electron chi connectivity index (χ0n) is 22.3. The number of hydrogen-bond acceptors (Lipinski definition) is 7. The SMILES string of the molecule is COC(=O)Nc1ccc2c(c1)NC(=O)[C@H](C)/C=C/C[C@H](NC(=O)OC(C)(C)C)c1cc-2c2c(n1)CCCO2. The number of nitrogens with zero attached hydrogens (tertiary/aromatic N) is 1. The first kappa shape index (κ1) is 27.0. The third-order valence-corrected chi connectivity index (χ3v) is 6.12. The van der Waals surface area contributed by atoms with E-state index in [1.54, 1.807) is 52.0 Å². The fourth-order valence-electron chi connectivity index (χ4n) is 4.32. The molecular weight excluding hydrogens is 488 g/mol. The number of rotatable bonds is 2. The van der Waals surface area contributed by atoms with E-state index in [2.05, 4.69) is 16.0 Å². The van der Waals surface area contributed by atoms with Crippen LogP contribution in [0, 0.1) is 5.92 Å². The number of pyridine rings is 1. The average Bonchev–Trinajstić information content (AvgIpc) is 2.86. The second-order valence-corrected chi connectivity index (χ2v) is 10.3. The Bertz CT molecular complexity index is 1270. The molecule has 3 heterocycles. The maximum atomic E-state index is 13.1. The molecule has 4 rings (SSSR count). The number of ether oxygens (including phenoxy) is 3.